The standard InChI is InChI=1S/C18H21NO2/c1-3-15-7-9-17(10-8-15)21-12-11-19-18(20)16-6-4-5-14(2)13-16/h4-10,13H,3,11-12H2,1-2H3,(H,19,20). The van der Waals surface area contributed by atoms with E-state index in [0.717, 1.165) is 17.7 Å². The molecule has 0 aliphatic carbocycles. The van der Waals surface area contributed by atoms with Crippen molar-refractivity contribution in [2.75, 3.05) is 13.2 Å². The summed E-state index contributed by atoms with van der Waals surface area (Å²) in [6.07, 6.45) is 1.02. The van der Waals surface area contributed by atoms with Crippen molar-refractivity contribution in [2.24, 2.45) is 0 Å². The number of nitrogens with one attached hydrogen (secondary N) is 1. The molecule has 0 aliphatic rings. The first-order valence-electron chi connectivity index (χ1n) is 7.25. The molecule has 0 radical (unpaired) electrons. The average molecular weight is 283 g/mol. The maximum absolute atomic E-state index is 11.9. The SMILES string of the molecule is CCc1ccc(OCCNC(=O)c2cccc(C)c2)cc1. The Kier molecular flexibility index (Phi) is 5.38. The first-order chi connectivity index (χ1) is 10.2. The number of aryl methyl sites for hydroxylation is 2. The van der Waals surface area contributed by atoms with Crippen LogP contribution >= 0.6 is 0 Å². The zero-order valence-electron chi connectivity index (χ0n) is 12.6. The van der Waals surface area contributed by atoms with Crippen molar-refractivity contribution < 1.29 is 9.53 Å². The van der Waals surface area contributed by atoms with Crippen LogP contribution < -0.4 is 10.1 Å². The van der Waals surface area contributed by atoms with Crippen LogP contribution in [0, 0.1) is 6.92 Å². The number of amides is 1. The molecule has 0 atom stereocenters. The summed E-state index contributed by atoms with van der Waals surface area (Å²) < 4.78 is 5.60. The van der Waals surface area contributed by atoms with Crippen LogP contribution in [0.1, 0.15) is 28.4 Å². The van der Waals surface area contributed by atoms with Gasteiger partial charge in [-0.15, -0.1) is 0 Å². The van der Waals surface area contributed by atoms with E-state index in [0.29, 0.717) is 18.7 Å². The molecule has 0 spiro atoms. The van der Waals surface area contributed by atoms with Gasteiger partial charge in [0.05, 0.1) is 6.54 Å². The molecule has 0 bridgehead atoms. The predicted octanol–water partition coefficient (Wildman–Crippen LogP) is 3.37. The van der Waals surface area contributed by atoms with Crippen LogP contribution in [0.5, 0.6) is 5.75 Å². The third-order valence-corrected chi connectivity index (χ3v) is 3.27. The van der Waals surface area contributed by atoms with Gasteiger partial charge in [-0.2, -0.15) is 0 Å². The molecule has 3 heteroatoms. The second-order valence-corrected chi connectivity index (χ2v) is 4.97. The van der Waals surface area contributed by atoms with Crippen molar-refractivity contribution in [2.45, 2.75) is 20.3 Å². The van der Waals surface area contributed by atoms with Crippen LogP contribution in [-0.4, -0.2) is 19.1 Å². The number of carbonyl (C=O) groups is 1. The van der Waals surface area contributed by atoms with Gasteiger partial charge in [0.25, 0.3) is 5.91 Å². The number of rotatable bonds is 6. The maximum Gasteiger partial charge on any atom is 0.251 e. The Balaban J connectivity index is 1.75. The summed E-state index contributed by atoms with van der Waals surface area (Å²) in [5.41, 5.74) is 3.05. The summed E-state index contributed by atoms with van der Waals surface area (Å²) in [5.74, 6) is 0.764. The van der Waals surface area contributed by atoms with Crippen molar-refractivity contribution in [1.82, 2.24) is 5.32 Å². The number of benzene rings is 2. The Morgan fingerprint density at radius 2 is 1.90 bits per heavy atom. The fourth-order valence-electron chi connectivity index (χ4n) is 2.04. The second kappa shape index (κ2) is 7.48. The van der Waals surface area contributed by atoms with Gasteiger partial charge in [0.1, 0.15) is 12.4 Å². The Bertz CT molecular complexity index is 590. The molecule has 0 unspecified atom stereocenters. The fraction of sp³-hybridized carbons (Fsp3) is 0.278. The molecule has 2 aromatic carbocycles. The Morgan fingerprint density at radius 3 is 2.57 bits per heavy atom. The molecule has 0 saturated heterocycles. The summed E-state index contributed by atoms with van der Waals surface area (Å²) in [6.45, 7) is 5.04. The number of ether oxygens (including phenoxy) is 1. The highest BCUT2D eigenvalue weighted by molar-refractivity contribution is 5.94. The van der Waals surface area contributed by atoms with Gasteiger partial charge in [-0.05, 0) is 43.2 Å². The molecule has 2 aromatic rings. The van der Waals surface area contributed by atoms with E-state index in [1.807, 2.05) is 43.3 Å². The predicted molar refractivity (Wildman–Crippen MR) is 84.8 cm³/mol. The highest BCUT2D eigenvalue weighted by atomic mass is 16.5. The van der Waals surface area contributed by atoms with Gasteiger partial charge in [0, 0.05) is 5.56 Å². The van der Waals surface area contributed by atoms with Crippen molar-refractivity contribution in [3.8, 4) is 5.75 Å². The van der Waals surface area contributed by atoms with Crippen molar-refractivity contribution in [3.63, 3.8) is 0 Å². The van der Waals surface area contributed by atoms with Gasteiger partial charge in [0.15, 0.2) is 0 Å². The molecule has 3 nitrogen and oxygen atoms in total. The minimum Gasteiger partial charge on any atom is -0.492 e. The topological polar surface area (TPSA) is 38.3 Å². The quantitative estimate of drug-likeness (QED) is 0.825. The maximum atomic E-state index is 11.9. The monoisotopic (exact) mass is 283 g/mol. The molecule has 0 aliphatic heterocycles. The minimum atomic E-state index is -0.0661. The molecule has 110 valence electrons. The third-order valence-electron chi connectivity index (χ3n) is 3.27. The highest BCUT2D eigenvalue weighted by Gasteiger charge is 2.04. The fourth-order valence-corrected chi connectivity index (χ4v) is 2.04. The molecule has 0 heterocycles. The van der Waals surface area contributed by atoms with E-state index in [9.17, 15) is 4.79 Å². The lowest BCUT2D eigenvalue weighted by molar-refractivity contribution is 0.0947. The zero-order chi connectivity index (χ0) is 15.1. The van der Waals surface area contributed by atoms with Gasteiger partial charge in [-0.1, -0.05) is 36.8 Å². The molecule has 0 fully saturated rings. The van der Waals surface area contributed by atoms with Crippen molar-refractivity contribution in [1.29, 1.82) is 0 Å². The summed E-state index contributed by atoms with van der Waals surface area (Å²) >= 11 is 0. The van der Waals surface area contributed by atoms with E-state index in [1.54, 1.807) is 0 Å². The Labute approximate surface area is 126 Å². The lowest BCUT2D eigenvalue weighted by Crippen LogP contribution is -2.28. The first-order valence-corrected chi connectivity index (χ1v) is 7.25. The molecular formula is C18H21NO2. The van der Waals surface area contributed by atoms with Crippen molar-refractivity contribution >= 4 is 5.91 Å². The van der Waals surface area contributed by atoms with E-state index in [1.165, 1.54) is 5.56 Å². The van der Waals surface area contributed by atoms with E-state index in [2.05, 4.69) is 24.4 Å². The van der Waals surface area contributed by atoms with Gasteiger partial charge < -0.3 is 10.1 Å². The number of hydrogen-bond acceptors (Lipinski definition) is 2. The summed E-state index contributed by atoms with van der Waals surface area (Å²) in [5, 5.41) is 2.86. The minimum absolute atomic E-state index is 0.0661. The van der Waals surface area contributed by atoms with Gasteiger partial charge >= 0.3 is 0 Å². The molecule has 0 aromatic heterocycles. The lowest BCUT2D eigenvalue weighted by Gasteiger charge is -2.08. The van der Waals surface area contributed by atoms with Crippen LogP contribution in [0.2, 0.25) is 0 Å². The van der Waals surface area contributed by atoms with E-state index in [4.69, 9.17) is 4.74 Å². The van der Waals surface area contributed by atoms with E-state index < -0.39 is 0 Å². The molecule has 2 rings (SSSR count). The first kappa shape index (κ1) is 15.1. The summed E-state index contributed by atoms with van der Waals surface area (Å²) in [7, 11) is 0. The Morgan fingerprint density at radius 1 is 1.14 bits per heavy atom. The van der Waals surface area contributed by atoms with Crippen LogP contribution in [-0.2, 0) is 6.42 Å². The van der Waals surface area contributed by atoms with Crippen LogP contribution in [0.3, 0.4) is 0 Å². The van der Waals surface area contributed by atoms with Crippen LogP contribution in [0.25, 0.3) is 0 Å². The van der Waals surface area contributed by atoms with Gasteiger partial charge in [-0.3, -0.25) is 4.79 Å². The van der Waals surface area contributed by atoms with E-state index >= 15 is 0 Å². The molecule has 0 saturated carbocycles. The molecule has 1 amide bonds. The van der Waals surface area contributed by atoms with Gasteiger partial charge in [-0.25, -0.2) is 0 Å². The lowest BCUT2D eigenvalue weighted by atomic mass is 10.1. The highest BCUT2D eigenvalue weighted by Crippen LogP contribution is 2.12. The normalized spacial score (nSPS) is 10.2. The van der Waals surface area contributed by atoms with E-state index in [-0.39, 0.29) is 5.91 Å². The number of carbonyl (C=O) groups excluding carboxylic acids is 1. The second-order valence-electron chi connectivity index (χ2n) is 4.97. The zero-order valence-corrected chi connectivity index (χ0v) is 12.6. The Hall–Kier alpha value is -2.29. The largest absolute Gasteiger partial charge is 0.492 e. The number of hydrogen-bond donors (Lipinski definition) is 1. The molecule has 21 heavy (non-hydrogen) atoms. The molecular weight excluding hydrogens is 262 g/mol. The van der Waals surface area contributed by atoms with Gasteiger partial charge in [0.2, 0.25) is 0 Å². The summed E-state index contributed by atoms with van der Waals surface area (Å²) in [4.78, 5) is 11.9. The summed E-state index contributed by atoms with van der Waals surface area (Å²) in [6, 6.07) is 15.6. The molecule has 1 N–H and O–H groups in total. The van der Waals surface area contributed by atoms with Crippen LogP contribution in [0.4, 0.5) is 0 Å². The third kappa shape index (κ3) is 4.63. The smallest absolute Gasteiger partial charge is 0.251 e. The van der Waals surface area contributed by atoms with Crippen LogP contribution in [0.15, 0.2) is 48.5 Å². The van der Waals surface area contributed by atoms with Crippen molar-refractivity contribution in [3.05, 3.63) is 65.2 Å². The average Bonchev–Trinajstić information content (AvgIpc) is 2.52.